The molecule has 100 valence electrons. The summed E-state index contributed by atoms with van der Waals surface area (Å²) in [5, 5.41) is 6.36. The lowest BCUT2D eigenvalue weighted by molar-refractivity contribution is 0.0946. The minimum absolute atomic E-state index is 0.0917. The number of nitrogen functional groups attached to an aromatic ring is 1. The summed E-state index contributed by atoms with van der Waals surface area (Å²) in [4.78, 5) is 11.7. The Bertz CT molecular complexity index is 624. The number of aromatic nitrogens is 2. The number of nitrogens with one attached hydrogen (secondary N) is 1. The van der Waals surface area contributed by atoms with E-state index < -0.39 is 17.5 Å². The quantitative estimate of drug-likeness (QED) is 0.877. The van der Waals surface area contributed by atoms with Crippen LogP contribution in [0, 0.1) is 11.6 Å². The molecule has 2 rings (SSSR count). The molecule has 7 heteroatoms. The largest absolute Gasteiger partial charge is 0.384 e. The smallest absolute Gasteiger partial charge is 0.254 e. The molecule has 19 heavy (non-hydrogen) atoms. The molecule has 5 nitrogen and oxygen atoms in total. The highest BCUT2D eigenvalue weighted by Gasteiger charge is 2.13. The topological polar surface area (TPSA) is 72.9 Å². The first-order chi connectivity index (χ1) is 8.99. The highest BCUT2D eigenvalue weighted by atomic mass is 19.1. The second-order valence-corrected chi connectivity index (χ2v) is 3.99. The van der Waals surface area contributed by atoms with Crippen LogP contribution >= 0.6 is 0 Å². The number of amides is 1. The van der Waals surface area contributed by atoms with Gasteiger partial charge in [-0.15, -0.1) is 0 Å². The van der Waals surface area contributed by atoms with Gasteiger partial charge in [0.15, 0.2) is 0 Å². The minimum atomic E-state index is -0.780. The highest BCUT2D eigenvalue weighted by molar-refractivity contribution is 5.94. The minimum Gasteiger partial charge on any atom is -0.384 e. The van der Waals surface area contributed by atoms with Crippen LogP contribution in [0.25, 0.3) is 0 Å². The number of aryl methyl sites for hydroxylation is 1. The summed E-state index contributed by atoms with van der Waals surface area (Å²) in [6.07, 6.45) is 1.50. The van der Waals surface area contributed by atoms with E-state index in [4.69, 9.17) is 5.73 Å². The molecule has 1 aromatic carbocycles. The number of hydrogen-bond donors (Lipinski definition) is 2. The Hall–Kier alpha value is -2.44. The molecule has 0 fully saturated rings. The predicted octanol–water partition coefficient (Wildman–Crippen LogP) is 1.21. The number of nitrogens with zero attached hydrogens (tertiary/aromatic N) is 2. The van der Waals surface area contributed by atoms with E-state index in [0.29, 0.717) is 11.4 Å². The first-order valence-electron chi connectivity index (χ1n) is 5.48. The SMILES string of the molecule is Cn1ncc(CNC(=O)c2cc(F)ccc2F)c1N. The third-order valence-electron chi connectivity index (χ3n) is 2.68. The Balaban J connectivity index is 2.09. The molecule has 0 atom stereocenters. The van der Waals surface area contributed by atoms with Gasteiger partial charge in [0.25, 0.3) is 5.91 Å². The van der Waals surface area contributed by atoms with Crippen molar-refractivity contribution in [2.45, 2.75) is 6.54 Å². The van der Waals surface area contributed by atoms with Gasteiger partial charge in [-0.1, -0.05) is 0 Å². The van der Waals surface area contributed by atoms with Crippen LogP contribution in [-0.4, -0.2) is 15.7 Å². The molecule has 1 heterocycles. The zero-order chi connectivity index (χ0) is 14.0. The van der Waals surface area contributed by atoms with E-state index in [1.165, 1.54) is 10.9 Å². The zero-order valence-corrected chi connectivity index (χ0v) is 10.2. The maximum Gasteiger partial charge on any atom is 0.254 e. The van der Waals surface area contributed by atoms with Crippen LogP contribution < -0.4 is 11.1 Å². The molecule has 0 saturated carbocycles. The number of rotatable bonds is 3. The van der Waals surface area contributed by atoms with E-state index in [1.807, 2.05) is 0 Å². The fourth-order valence-electron chi connectivity index (χ4n) is 1.57. The van der Waals surface area contributed by atoms with Crippen molar-refractivity contribution in [3.8, 4) is 0 Å². The maximum absolute atomic E-state index is 13.4. The van der Waals surface area contributed by atoms with Gasteiger partial charge >= 0.3 is 0 Å². The van der Waals surface area contributed by atoms with E-state index in [2.05, 4.69) is 10.4 Å². The second kappa shape index (κ2) is 5.05. The van der Waals surface area contributed by atoms with Crippen molar-refractivity contribution in [1.82, 2.24) is 15.1 Å². The molecule has 1 amide bonds. The summed E-state index contributed by atoms with van der Waals surface area (Å²) in [6, 6.07) is 2.70. The number of carbonyl (C=O) groups is 1. The fraction of sp³-hybridized carbons (Fsp3) is 0.167. The lowest BCUT2D eigenvalue weighted by atomic mass is 10.2. The highest BCUT2D eigenvalue weighted by Crippen LogP contribution is 2.11. The lowest BCUT2D eigenvalue weighted by Crippen LogP contribution is -2.24. The standard InChI is InChI=1S/C12H12F2N4O/c1-18-11(15)7(6-17-18)5-16-12(19)9-4-8(13)2-3-10(9)14/h2-4,6H,5,15H2,1H3,(H,16,19). The number of benzene rings is 1. The Morgan fingerprint density at radius 1 is 1.47 bits per heavy atom. The lowest BCUT2D eigenvalue weighted by Gasteiger charge is -2.06. The summed E-state index contributed by atoms with van der Waals surface area (Å²) in [5.74, 6) is -1.76. The molecule has 0 aliphatic carbocycles. The molecular weight excluding hydrogens is 254 g/mol. The molecule has 0 saturated heterocycles. The maximum atomic E-state index is 13.4. The van der Waals surface area contributed by atoms with Gasteiger partial charge in [0.2, 0.25) is 0 Å². The molecule has 0 aliphatic rings. The van der Waals surface area contributed by atoms with Crippen LogP contribution in [0.2, 0.25) is 0 Å². The molecule has 2 aromatic rings. The number of nitrogens with two attached hydrogens (primary N) is 1. The molecule has 0 unspecified atom stereocenters. The Morgan fingerprint density at radius 3 is 2.84 bits per heavy atom. The van der Waals surface area contributed by atoms with Crippen molar-refractivity contribution in [1.29, 1.82) is 0 Å². The first kappa shape index (κ1) is 13.0. The Labute approximate surface area is 108 Å². The number of anilines is 1. The van der Waals surface area contributed by atoms with Crippen LogP contribution in [0.1, 0.15) is 15.9 Å². The summed E-state index contributed by atoms with van der Waals surface area (Å²) >= 11 is 0. The Kier molecular flexibility index (Phi) is 3.46. The van der Waals surface area contributed by atoms with Crippen LogP contribution in [0.3, 0.4) is 0 Å². The molecule has 1 aromatic heterocycles. The molecule has 0 spiro atoms. The third-order valence-corrected chi connectivity index (χ3v) is 2.68. The summed E-state index contributed by atoms with van der Waals surface area (Å²) in [7, 11) is 1.66. The number of hydrogen-bond acceptors (Lipinski definition) is 3. The van der Waals surface area contributed by atoms with Gasteiger partial charge in [0.05, 0.1) is 11.8 Å². The average molecular weight is 266 g/mol. The predicted molar refractivity (Wildman–Crippen MR) is 65.1 cm³/mol. The van der Waals surface area contributed by atoms with Gasteiger partial charge < -0.3 is 11.1 Å². The van der Waals surface area contributed by atoms with E-state index in [0.717, 1.165) is 18.2 Å². The van der Waals surface area contributed by atoms with Gasteiger partial charge in [0, 0.05) is 19.2 Å². The van der Waals surface area contributed by atoms with Gasteiger partial charge in [-0.25, -0.2) is 8.78 Å². The van der Waals surface area contributed by atoms with Crippen molar-refractivity contribution >= 4 is 11.7 Å². The van der Waals surface area contributed by atoms with E-state index in [-0.39, 0.29) is 12.1 Å². The fourth-order valence-corrected chi connectivity index (χ4v) is 1.57. The van der Waals surface area contributed by atoms with E-state index >= 15 is 0 Å². The van der Waals surface area contributed by atoms with Gasteiger partial charge in [-0.3, -0.25) is 9.48 Å². The summed E-state index contributed by atoms with van der Waals surface area (Å²) < 4.78 is 27.8. The summed E-state index contributed by atoms with van der Waals surface area (Å²) in [6.45, 7) is 0.0917. The molecular formula is C12H12F2N4O. The number of halogens is 2. The van der Waals surface area contributed by atoms with Crippen molar-refractivity contribution in [2.75, 3.05) is 5.73 Å². The first-order valence-corrected chi connectivity index (χ1v) is 5.48. The molecule has 0 radical (unpaired) electrons. The molecule has 3 N–H and O–H groups in total. The monoisotopic (exact) mass is 266 g/mol. The van der Waals surface area contributed by atoms with Crippen LogP contribution in [0.5, 0.6) is 0 Å². The summed E-state index contributed by atoms with van der Waals surface area (Å²) in [5.41, 5.74) is 5.96. The van der Waals surface area contributed by atoms with E-state index in [9.17, 15) is 13.6 Å². The van der Waals surface area contributed by atoms with Crippen LogP contribution in [0.4, 0.5) is 14.6 Å². The third kappa shape index (κ3) is 2.70. The second-order valence-electron chi connectivity index (χ2n) is 3.99. The van der Waals surface area contributed by atoms with Crippen molar-refractivity contribution < 1.29 is 13.6 Å². The zero-order valence-electron chi connectivity index (χ0n) is 10.2. The molecule has 0 aliphatic heterocycles. The van der Waals surface area contributed by atoms with Crippen molar-refractivity contribution in [3.05, 3.63) is 47.2 Å². The van der Waals surface area contributed by atoms with Crippen molar-refractivity contribution in [3.63, 3.8) is 0 Å². The van der Waals surface area contributed by atoms with Crippen LogP contribution in [0.15, 0.2) is 24.4 Å². The molecule has 0 bridgehead atoms. The van der Waals surface area contributed by atoms with Gasteiger partial charge in [-0.05, 0) is 18.2 Å². The Morgan fingerprint density at radius 2 is 2.21 bits per heavy atom. The average Bonchev–Trinajstić information content (AvgIpc) is 2.70. The normalized spacial score (nSPS) is 10.5. The van der Waals surface area contributed by atoms with Crippen molar-refractivity contribution in [2.24, 2.45) is 7.05 Å². The van der Waals surface area contributed by atoms with Crippen LogP contribution in [-0.2, 0) is 13.6 Å². The van der Waals surface area contributed by atoms with E-state index in [1.54, 1.807) is 7.05 Å². The number of carbonyl (C=O) groups excluding carboxylic acids is 1. The van der Waals surface area contributed by atoms with Gasteiger partial charge in [0.1, 0.15) is 17.5 Å². The van der Waals surface area contributed by atoms with Gasteiger partial charge in [-0.2, -0.15) is 5.10 Å².